The van der Waals surface area contributed by atoms with E-state index in [0.29, 0.717) is 0 Å². The lowest BCUT2D eigenvalue weighted by Gasteiger charge is -2.24. The number of rotatable bonds is 0. The molecule has 1 saturated heterocycles. The molecule has 1 nitrogen and oxygen atoms in total. The van der Waals surface area contributed by atoms with Gasteiger partial charge in [-0.05, 0) is 32.0 Å². The number of hydrogen-bond donors (Lipinski definition) is 1. The summed E-state index contributed by atoms with van der Waals surface area (Å²) in [6, 6.07) is -3.48. The first-order chi connectivity index (χ1) is 9.21. The third-order valence-corrected chi connectivity index (χ3v) is 0.625. The summed E-state index contributed by atoms with van der Waals surface area (Å²) in [5.41, 5.74) is 0. The summed E-state index contributed by atoms with van der Waals surface area (Å²) in [5.74, 6) is -3.67. The van der Waals surface area contributed by atoms with Gasteiger partial charge in [-0.25, -0.2) is 0 Å². The molecule has 1 aliphatic heterocycles. The molecule has 0 bridgehead atoms. The smallest absolute Gasteiger partial charge is 0.0462 e. The summed E-state index contributed by atoms with van der Waals surface area (Å²) in [7, 11) is 0. The molecule has 0 amide bonds. The summed E-state index contributed by atoms with van der Waals surface area (Å²) >= 11 is 0. The summed E-state index contributed by atoms with van der Waals surface area (Å²) in [6.07, 6.45) is -7.51. The van der Waals surface area contributed by atoms with Crippen molar-refractivity contribution in [3.05, 3.63) is 0 Å². The molecule has 0 aliphatic carbocycles. The van der Waals surface area contributed by atoms with Crippen LogP contribution in [0.1, 0.15) is 45.6 Å². The Morgan fingerprint density at radius 2 is 2.75 bits per heavy atom. The van der Waals surface area contributed by atoms with E-state index in [4.69, 9.17) is 19.2 Å². The van der Waals surface area contributed by atoms with Crippen LogP contribution >= 0.6 is 0 Å². The van der Waals surface area contributed by atoms with Crippen LogP contribution in [0.2, 0.25) is 0 Å². The van der Waals surface area contributed by atoms with Crippen LogP contribution < -0.4 is 5.32 Å². The lowest BCUT2D eigenvalue weighted by molar-refractivity contribution is 0.343. The highest BCUT2D eigenvalue weighted by Crippen LogP contribution is 2.11. The van der Waals surface area contributed by atoms with Crippen LogP contribution in [0.15, 0.2) is 0 Å². The van der Waals surface area contributed by atoms with Gasteiger partial charge in [-0.15, -0.1) is 0 Å². The standard InChI is InChI=1S/C7H15N/c1-6-3-4-7(2)8-5-6/h6-8H,3-5H2,1-2H3/i1D3,2D3,3D2,4D2,5D2,6D,7D. The highest BCUT2D eigenvalue weighted by atomic mass is 14.9. The maximum atomic E-state index is 7.83. The maximum Gasteiger partial charge on any atom is 0.0462 e. The monoisotopic (exact) mass is 127 g/mol. The minimum absolute atomic E-state index is 1.43. The van der Waals surface area contributed by atoms with Crippen LogP contribution in [0.3, 0.4) is 0 Å². The number of hydrogen-bond acceptors (Lipinski definition) is 1. The zero-order valence-corrected chi connectivity index (χ0v) is 4.00. The van der Waals surface area contributed by atoms with Gasteiger partial charge in [-0.3, -0.25) is 0 Å². The van der Waals surface area contributed by atoms with Crippen molar-refractivity contribution >= 4 is 0 Å². The van der Waals surface area contributed by atoms with E-state index in [1.54, 1.807) is 0 Å². The molecule has 1 heterocycles. The lowest BCUT2D eigenvalue weighted by Crippen LogP contribution is -2.35. The van der Waals surface area contributed by atoms with E-state index in [0.717, 1.165) is 0 Å². The largest absolute Gasteiger partial charge is 0.314 e. The van der Waals surface area contributed by atoms with Gasteiger partial charge in [-0.1, -0.05) is 6.85 Å². The fraction of sp³-hybridized carbons (Fsp3) is 1.00. The fourth-order valence-corrected chi connectivity index (χ4v) is 0.312. The van der Waals surface area contributed by atoms with E-state index in [2.05, 4.69) is 0 Å². The first kappa shape index (κ1) is 0.800. The average Bonchev–Trinajstić information content (AvgIpc) is 2.21. The van der Waals surface area contributed by atoms with Crippen LogP contribution in [0.4, 0.5) is 0 Å². The van der Waals surface area contributed by atoms with Gasteiger partial charge < -0.3 is 5.32 Å². The molecule has 0 radical (unpaired) electrons. The molecule has 48 valence electrons. The molecule has 1 N–H and O–H groups in total. The second-order valence-corrected chi connectivity index (χ2v) is 1.25. The van der Waals surface area contributed by atoms with E-state index in [9.17, 15) is 0 Å². The van der Waals surface area contributed by atoms with E-state index in [-0.39, 0.29) is 0 Å². The molecule has 8 heavy (non-hydrogen) atoms. The van der Waals surface area contributed by atoms with Crippen molar-refractivity contribution in [3.8, 4) is 0 Å². The fourth-order valence-electron chi connectivity index (χ4n) is 0.312. The van der Waals surface area contributed by atoms with Crippen LogP contribution in [-0.2, 0) is 0 Å². The van der Waals surface area contributed by atoms with Gasteiger partial charge in [-0.2, -0.15) is 0 Å². The predicted molar refractivity (Wildman–Crippen MR) is 35.9 cm³/mol. The Labute approximate surface area is 71.1 Å². The molecule has 2 unspecified atom stereocenters. The summed E-state index contributed by atoms with van der Waals surface area (Å²) in [4.78, 5) is 0. The molecule has 0 saturated carbocycles. The third kappa shape index (κ3) is 1.48. The Morgan fingerprint density at radius 3 is 3.50 bits per heavy atom. The Morgan fingerprint density at radius 1 is 1.75 bits per heavy atom. The highest BCUT2D eigenvalue weighted by Gasteiger charge is 2.11. The van der Waals surface area contributed by atoms with Gasteiger partial charge in [0, 0.05) is 25.2 Å². The van der Waals surface area contributed by atoms with E-state index < -0.39 is 44.9 Å². The van der Waals surface area contributed by atoms with Gasteiger partial charge in [0.25, 0.3) is 0 Å². The normalized spacial score (nSPS) is 106. The lowest BCUT2D eigenvalue weighted by atomic mass is 9.98. The highest BCUT2D eigenvalue weighted by molar-refractivity contribution is 4.71. The average molecular weight is 127 g/mol. The van der Waals surface area contributed by atoms with Gasteiger partial charge in [0.05, 0.1) is 0 Å². The molecule has 1 rings (SSSR count). The van der Waals surface area contributed by atoms with Crippen molar-refractivity contribution in [1.29, 1.82) is 0 Å². The van der Waals surface area contributed by atoms with Crippen LogP contribution in [0, 0.1) is 5.89 Å². The third-order valence-electron chi connectivity index (χ3n) is 0.625. The molecule has 0 spiro atoms. The first-order valence-corrected chi connectivity index (χ1v) is 2.00. The predicted octanol–water partition coefficient (Wildman–Crippen LogP) is 1.39. The van der Waals surface area contributed by atoms with Gasteiger partial charge in [0.15, 0.2) is 0 Å². The van der Waals surface area contributed by atoms with E-state index in [1.165, 1.54) is 5.32 Å². The SMILES string of the molecule is [2H]C([2H])([2H])C1([2H])NC([2H])([2H])C([2H])(C([2H])([2H])[2H])C([2H])([2H])C1([2H])[2H]. The zero-order chi connectivity index (χ0) is 18.2. The van der Waals surface area contributed by atoms with Gasteiger partial charge in [0.2, 0.25) is 0 Å². The Hall–Kier alpha value is -0.0400. The van der Waals surface area contributed by atoms with E-state index in [1.807, 2.05) is 0 Å². The Bertz CT molecular complexity index is 461. The number of piperidine rings is 1. The summed E-state index contributed by atoms with van der Waals surface area (Å²) in [5, 5.41) is 1.43. The Kier molecular flexibility index (Phi) is 0.249. The van der Waals surface area contributed by atoms with E-state index >= 15 is 0 Å². The van der Waals surface area contributed by atoms with Crippen LogP contribution in [-0.4, -0.2) is 12.5 Å². The molecular weight excluding hydrogens is 98.1 g/mol. The maximum absolute atomic E-state index is 7.83. The second-order valence-electron chi connectivity index (χ2n) is 1.25. The molecule has 2 atom stereocenters. The van der Waals surface area contributed by atoms with Crippen molar-refractivity contribution in [3.63, 3.8) is 0 Å². The van der Waals surface area contributed by atoms with Crippen molar-refractivity contribution in [1.82, 2.24) is 5.32 Å². The van der Waals surface area contributed by atoms with Gasteiger partial charge in [0.1, 0.15) is 0 Å². The minimum Gasteiger partial charge on any atom is -0.314 e. The molecule has 1 heteroatoms. The molecular formula is C7H15N. The van der Waals surface area contributed by atoms with Gasteiger partial charge >= 0.3 is 0 Å². The van der Waals surface area contributed by atoms with Crippen molar-refractivity contribution < 1.29 is 19.2 Å². The first-order valence-electron chi connectivity index (χ1n) is 9.00. The molecule has 0 aromatic carbocycles. The molecule has 0 aromatic rings. The van der Waals surface area contributed by atoms with Crippen molar-refractivity contribution in [2.75, 3.05) is 6.50 Å². The molecule has 0 aromatic heterocycles. The Balaban J connectivity index is 3.79. The van der Waals surface area contributed by atoms with Crippen molar-refractivity contribution in [2.24, 2.45) is 5.89 Å². The number of nitrogens with one attached hydrogen (secondary N) is 1. The van der Waals surface area contributed by atoms with Crippen LogP contribution in [0.25, 0.3) is 0 Å². The quantitative estimate of drug-likeness (QED) is 0.518. The topological polar surface area (TPSA) is 12.0 Å². The minimum atomic E-state index is -3.81. The second kappa shape index (κ2) is 2.49. The molecule has 1 aliphatic rings. The molecule has 1 fully saturated rings. The zero-order valence-electron chi connectivity index (χ0n) is 18.0. The summed E-state index contributed by atoms with van der Waals surface area (Å²) < 4.78 is 105. The van der Waals surface area contributed by atoms with Crippen molar-refractivity contribution in [2.45, 2.75) is 32.5 Å². The van der Waals surface area contributed by atoms with Crippen LogP contribution in [0.5, 0.6) is 0 Å². The summed E-state index contributed by atoms with van der Waals surface area (Å²) in [6.45, 7) is -10.7.